The first-order valence-electron chi connectivity index (χ1n) is 4.28. The van der Waals surface area contributed by atoms with E-state index in [1.54, 1.807) is 6.08 Å². The zero-order chi connectivity index (χ0) is 12.0. The first kappa shape index (κ1) is 14.0. The van der Waals surface area contributed by atoms with Crippen molar-refractivity contribution in [2.45, 2.75) is 6.92 Å². The summed E-state index contributed by atoms with van der Waals surface area (Å²) in [4.78, 5) is 0. The fourth-order valence-electron chi connectivity index (χ4n) is 0.721. The summed E-state index contributed by atoms with van der Waals surface area (Å²) in [5, 5.41) is 0.796. The molecule has 0 bridgehead atoms. The molecule has 0 radical (unpaired) electrons. The van der Waals surface area contributed by atoms with Crippen molar-refractivity contribution in [2.24, 2.45) is 0 Å². The number of allylic oxidation sites excluding steroid dienone is 8. The molecule has 0 aliphatic rings. The topological polar surface area (TPSA) is 0 Å². The molecule has 15 heavy (non-hydrogen) atoms. The van der Waals surface area contributed by atoms with Crippen LogP contribution < -0.4 is 0 Å². The lowest BCUT2D eigenvalue weighted by molar-refractivity contribution is 1.51. The molecule has 0 saturated carbocycles. The van der Waals surface area contributed by atoms with Crippen LogP contribution in [-0.4, -0.2) is 0 Å². The maximum atomic E-state index is 5.94. The van der Waals surface area contributed by atoms with Crippen LogP contribution >= 0.6 is 23.2 Å². The van der Waals surface area contributed by atoms with Crippen molar-refractivity contribution in [3.8, 4) is 0 Å². The largest absolute Gasteiger partial charge is 0.0961 e. The summed E-state index contributed by atoms with van der Waals surface area (Å²) in [6.45, 7) is 16.8. The molecule has 0 atom stereocenters. The van der Waals surface area contributed by atoms with Gasteiger partial charge in [-0.25, -0.2) is 0 Å². The Morgan fingerprint density at radius 2 is 1.53 bits per heavy atom. The van der Waals surface area contributed by atoms with Crippen molar-refractivity contribution in [1.29, 1.82) is 0 Å². The van der Waals surface area contributed by atoms with Crippen LogP contribution in [0.3, 0.4) is 0 Å². The monoisotopic (exact) mass is 240 g/mol. The number of hydrogen-bond donors (Lipinski definition) is 0. The van der Waals surface area contributed by atoms with Gasteiger partial charge < -0.3 is 0 Å². The highest BCUT2D eigenvalue weighted by Gasteiger charge is 2.01. The molecule has 0 aromatic rings. The zero-order valence-corrected chi connectivity index (χ0v) is 10.3. The van der Waals surface area contributed by atoms with Gasteiger partial charge in [0.15, 0.2) is 0 Å². The third kappa shape index (κ3) is 6.16. The molecule has 0 amide bonds. The Labute approximate surface area is 102 Å². The maximum Gasteiger partial charge on any atom is 0.0492 e. The second-order valence-corrected chi connectivity index (χ2v) is 4.02. The van der Waals surface area contributed by atoms with Gasteiger partial charge in [0.05, 0.1) is 0 Å². The zero-order valence-electron chi connectivity index (χ0n) is 8.82. The molecule has 0 spiro atoms. The summed E-state index contributed by atoms with van der Waals surface area (Å²) in [6.07, 6.45) is 5.18. The van der Waals surface area contributed by atoms with E-state index in [-0.39, 0.29) is 0 Å². The van der Waals surface area contributed by atoms with Gasteiger partial charge in [-0.1, -0.05) is 67.2 Å². The Balaban J connectivity index is 4.67. The van der Waals surface area contributed by atoms with E-state index in [2.05, 4.69) is 26.3 Å². The Kier molecular flexibility index (Phi) is 6.07. The number of hydrogen-bond acceptors (Lipinski definition) is 0. The second-order valence-electron chi connectivity index (χ2n) is 3.12. The second kappa shape index (κ2) is 6.49. The molecule has 0 aliphatic heterocycles. The first-order chi connectivity index (χ1) is 6.84. The van der Waals surface area contributed by atoms with Gasteiger partial charge in [-0.3, -0.25) is 0 Å². The molecule has 0 N–H and O–H groups in total. The van der Waals surface area contributed by atoms with Crippen molar-refractivity contribution in [2.75, 3.05) is 0 Å². The Hall–Kier alpha value is -0.980. The average Bonchev–Trinajstić information content (AvgIpc) is 2.11. The summed E-state index contributed by atoms with van der Waals surface area (Å²) in [5.41, 5.74) is 2.28. The van der Waals surface area contributed by atoms with Crippen molar-refractivity contribution >= 4 is 23.2 Å². The minimum atomic E-state index is 0.359. The summed E-state index contributed by atoms with van der Waals surface area (Å²) >= 11 is 11.5. The first-order valence-corrected chi connectivity index (χ1v) is 5.04. The maximum absolute atomic E-state index is 5.94. The molecule has 0 saturated heterocycles. The lowest BCUT2D eigenvalue weighted by Gasteiger charge is -2.03. The van der Waals surface area contributed by atoms with Gasteiger partial charge in [0.2, 0.25) is 0 Å². The number of rotatable bonds is 5. The lowest BCUT2D eigenvalue weighted by atomic mass is 10.1. The molecule has 0 heterocycles. The van der Waals surface area contributed by atoms with E-state index in [0.29, 0.717) is 15.6 Å². The molecule has 0 fully saturated rings. The van der Waals surface area contributed by atoms with Crippen molar-refractivity contribution < 1.29 is 0 Å². The van der Waals surface area contributed by atoms with Crippen LogP contribution in [0.15, 0.2) is 71.3 Å². The fourth-order valence-corrected chi connectivity index (χ4v) is 1.14. The molecule has 0 aromatic carbocycles. The van der Waals surface area contributed by atoms with Crippen molar-refractivity contribution in [3.63, 3.8) is 0 Å². The minimum absolute atomic E-state index is 0.359. The highest BCUT2D eigenvalue weighted by atomic mass is 35.5. The van der Waals surface area contributed by atoms with Crippen LogP contribution in [0.4, 0.5) is 0 Å². The van der Waals surface area contributed by atoms with Gasteiger partial charge in [-0.15, -0.1) is 0 Å². The molecular formula is C13H14Cl2. The van der Waals surface area contributed by atoms with Crippen LogP contribution in [0.25, 0.3) is 0 Å². The predicted molar refractivity (Wildman–Crippen MR) is 71.2 cm³/mol. The molecule has 0 rings (SSSR count). The van der Waals surface area contributed by atoms with Gasteiger partial charge in [0.1, 0.15) is 0 Å². The van der Waals surface area contributed by atoms with Gasteiger partial charge in [0.25, 0.3) is 0 Å². The molecule has 0 unspecified atom stereocenters. The Morgan fingerprint density at radius 1 is 1.00 bits per heavy atom. The quantitative estimate of drug-likeness (QED) is 0.587. The normalized spacial score (nSPS) is 11.5. The number of halogens is 2. The summed E-state index contributed by atoms with van der Waals surface area (Å²) in [7, 11) is 0. The van der Waals surface area contributed by atoms with E-state index in [1.807, 2.05) is 13.0 Å². The summed E-state index contributed by atoms with van der Waals surface area (Å²) < 4.78 is 0. The standard InChI is InChI=1S/C13H14Cl2/c1-9(2)6-7-10(3)12(5)13(15)8-11(4)14/h6-8H,1,3-5H2,2H3/b7-6-,13-8+. The Morgan fingerprint density at radius 3 is 1.93 bits per heavy atom. The van der Waals surface area contributed by atoms with E-state index in [1.165, 1.54) is 6.08 Å². The van der Waals surface area contributed by atoms with Crippen molar-refractivity contribution in [3.05, 3.63) is 71.3 Å². The average molecular weight is 241 g/mol. The highest BCUT2D eigenvalue weighted by molar-refractivity contribution is 6.35. The molecule has 0 nitrogen and oxygen atoms in total. The van der Waals surface area contributed by atoms with Crippen molar-refractivity contribution in [1.82, 2.24) is 0 Å². The van der Waals surface area contributed by atoms with E-state index < -0.39 is 0 Å². The van der Waals surface area contributed by atoms with Gasteiger partial charge in [-0.05, 0) is 24.1 Å². The van der Waals surface area contributed by atoms with E-state index in [0.717, 1.165) is 11.1 Å². The van der Waals surface area contributed by atoms with Crippen LogP contribution in [0.1, 0.15) is 6.92 Å². The molecule has 2 heteroatoms. The minimum Gasteiger partial charge on any atom is -0.0961 e. The van der Waals surface area contributed by atoms with E-state index in [9.17, 15) is 0 Å². The molecule has 80 valence electrons. The fraction of sp³-hybridized carbons (Fsp3) is 0.0769. The van der Waals surface area contributed by atoms with Crippen LogP contribution in [0.5, 0.6) is 0 Å². The third-order valence-electron chi connectivity index (χ3n) is 1.53. The van der Waals surface area contributed by atoms with Crippen LogP contribution in [0, 0.1) is 0 Å². The third-order valence-corrected chi connectivity index (χ3v) is 1.97. The van der Waals surface area contributed by atoms with Crippen LogP contribution in [0.2, 0.25) is 0 Å². The Bertz CT molecular complexity index is 368. The molecular weight excluding hydrogens is 227 g/mol. The SMILES string of the molecule is C=C(C)/C=C\C(=C)C(=C)/C(Cl)=C\C(=C)Cl. The van der Waals surface area contributed by atoms with Gasteiger partial charge in [-0.2, -0.15) is 0 Å². The predicted octanol–water partition coefficient (Wildman–Crippen LogP) is 5.11. The van der Waals surface area contributed by atoms with E-state index in [4.69, 9.17) is 23.2 Å². The lowest BCUT2D eigenvalue weighted by Crippen LogP contribution is -1.84. The molecule has 0 aliphatic carbocycles. The van der Waals surface area contributed by atoms with E-state index >= 15 is 0 Å². The smallest absolute Gasteiger partial charge is 0.0492 e. The van der Waals surface area contributed by atoms with Gasteiger partial charge >= 0.3 is 0 Å². The summed E-state index contributed by atoms with van der Waals surface area (Å²) in [6, 6.07) is 0. The highest BCUT2D eigenvalue weighted by Crippen LogP contribution is 2.23. The van der Waals surface area contributed by atoms with Crippen LogP contribution in [-0.2, 0) is 0 Å². The summed E-state index contributed by atoms with van der Waals surface area (Å²) in [5.74, 6) is 0. The molecule has 0 aromatic heterocycles. The van der Waals surface area contributed by atoms with Gasteiger partial charge in [0, 0.05) is 10.1 Å².